The van der Waals surface area contributed by atoms with E-state index in [0.717, 1.165) is 17.5 Å². The van der Waals surface area contributed by atoms with E-state index in [0.29, 0.717) is 11.7 Å². The highest BCUT2D eigenvalue weighted by Gasteiger charge is 2.28. The fraction of sp³-hybridized carbons (Fsp3) is 0.222. The van der Waals surface area contributed by atoms with E-state index in [1.807, 2.05) is 24.3 Å². The number of rotatable bonds is 2. The molecule has 0 amide bonds. The van der Waals surface area contributed by atoms with Gasteiger partial charge in [-0.25, -0.2) is 0 Å². The lowest BCUT2D eigenvalue weighted by Gasteiger charge is -2.12. The van der Waals surface area contributed by atoms with Gasteiger partial charge in [0.2, 0.25) is 0 Å². The number of phenolic OH excluding ortho intramolecular Hbond substituents is 2. The van der Waals surface area contributed by atoms with Gasteiger partial charge in [0.05, 0.1) is 0 Å². The molecule has 2 nitrogen and oxygen atoms in total. The number of fused-ring (bicyclic) bond motifs is 1. The number of hydrogen-bond donors (Lipinski definition) is 2. The van der Waals surface area contributed by atoms with Crippen molar-refractivity contribution in [3.63, 3.8) is 0 Å². The lowest BCUT2D eigenvalue weighted by Crippen LogP contribution is -1.93. The first kappa shape index (κ1) is 12.8. The standard InChI is InChI=1S/C18H18O2/c1-3-15-17-10-14(20)8-9-16(17)11(2)18(15)12-4-6-13(19)7-5-12/h4-11,19-20H,3H2,1-2H3. The Balaban J connectivity index is 2.19. The summed E-state index contributed by atoms with van der Waals surface area (Å²) in [6, 6.07) is 13.0. The third-order valence-corrected chi connectivity index (χ3v) is 4.12. The van der Waals surface area contributed by atoms with Crippen LogP contribution in [0.25, 0.3) is 11.1 Å². The smallest absolute Gasteiger partial charge is 0.116 e. The molecule has 1 aliphatic rings. The third kappa shape index (κ3) is 1.88. The summed E-state index contributed by atoms with van der Waals surface area (Å²) in [7, 11) is 0. The van der Waals surface area contributed by atoms with Gasteiger partial charge in [-0.15, -0.1) is 0 Å². The highest BCUT2D eigenvalue weighted by Crippen LogP contribution is 2.48. The maximum Gasteiger partial charge on any atom is 0.116 e. The van der Waals surface area contributed by atoms with Crippen molar-refractivity contribution in [2.24, 2.45) is 0 Å². The van der Waals surface area contributed by atoms with Crippen molar-refractivity contribution < 1.29 is 10.2 Å². The van der Waals surface area contributed by atoms with Crippen LogP contribution >= 0.6 is 0 Å². The minimum atomic E-state index is 0.285. The molecule has 0 bridgehead atoms. The van der Waals surface area contributed by atoms with E-state index in [2.05, 4.69) is 13.8 Å². The summed E-state index contributed by atoms with van der Waals surface area (Å²) >= 11 is 0. The second kappa shape index (κ2) is 4.71. The summed E-state index contributed by atoms with van der Waals surface area (Å²) in [5.41, 5.74) is 6.15. The van der Waals surface area contributed by atoms with Crippen LogP contribution in [0.15, 0.2) is 42.5 Å². The molecule has 1 atom stereocenters. The molecule has 0 fully saturated rings. The molecule has 2 heteroatoms. The fourth-order valence-electron chi connectivity index (χ4n) is 3.19. The summed E-state index contributed by atoms with van der Waals surface area (Å²) in [5, 5.41) is 19.2. The van der Waals surface area contributed by atoms with Gasteiger partial charge in [0.15, 0.2) is 0 Å². The molecule has 2 aromatic rings. The zero-order chi connectivity index (χ0) is 14.3. The van der Waals surface area contributed by atoms with Crippen LogP contribution in [-0.4, -0.2) is 10.2 Å². The second-order valence-corrected chi connectivity index (χ2v) is 5.29. The predicted molar refractivity (Wildman–Crippen MR) is 81.7 cm³/mol. The van der Waals surface area contributed by atoms with Crippen molar-refractivity contribution in [1.82, 2.24) is 0 Å². The van der Waals surface area contributed by atoms with Gasteiger partial charge in [0.1, 0.15) is 11.5 Å². The Morgan fingerprint density at radius 1 is 0.950 bits per heavy atom. The normalized spacial score (nSPS) is 17.4. The number of hydrogen-bond acceptors (Lipinski definition) is 2. The van der Waals surface area contributed by atoms with Crippen LogP contribution in [0, 0.1) is 0 Å². The summed E-state index contributed by atoms with van der Waals surface area (Å²) in [6.07, 6.45) is 0.928. The first-order chi connectivity index (χ1) is 9.61. The van der Waals surface area contributed by atoms with E-state index in [4.69, 9.17) is 0 Å². The third-order valence-electron chi connectivity index (χ3n) is 4.12. The lowest BCUT2D eigenvalue weighted by molar-refractivity contribution is 0.474. The fourth-order valence-corrected chi connectivity index (χ4v) is 3.19. The van der Waals surface area contributed by atoms with Crippen LogP contribution in [0.4, 0.5) is 0 Å². The molecule has 1 unspecified atom stereocenters. The number of allylic oxidation sites excluding steroid dienone is 2. The Bertz CT molecular complexity index is 681. The topological polar surface area (TPSA) is 40.5 Å². The van der Waals surface area contributed by atoms with E-state index >= 15 is 0 Å². The molecule has 0 saturated heterocycles. The van der Waals surface area contributed by atoms with Crippen molar-refractivity contribution in [2.75, 3.05) is 0 Å². The highest BCUT2D eigenvalue weighted by atomic mass is 16.3. The minimum absolute atomic E-state index is 0.285. The molecule has 3 rings (SSSR count). The van der Waals surface area contributed by atoms with Crippen LogP contribution in [0.2, 0.25) is 0 Å². The van der Waals surface area contributed by atoms with Crippen molar-refractivity contribution >= 4 is 11.1 Å². The summed E-state index contributed by atoms with van der Waals surface area (Å²) in [4.78, 5) is 0. The Morgan fingerprint density at radius 2 is 1.60 bits per heavy atom. The van der Waals surface area contributed by atoms with Gasteiger partial charge in [-0.3, -0.25) is 0 Å². The molecule has 0 radical (unpaired) electrons. The SMILES string of the molecule is CCC1=C(c2ccc(O)cc2)C(C)c2ccc(O)cc21. The van der Waals surface area contributed by atoms with E-state index in [-0.39, 0.29) is 5.75 Å². The number of benzene rings is 2. The maximum atomic E-state index is 9.73. The number of phenols is 2. The van der Waals surface area contributed by atoms with Gasteiger partial charge in [-0.05, 0) is 58.5 Å². The number of aromatic hydroxyl groups is 2. The lowest BCUT2D eigenvalue weighted by atomic mass is 9.92. The molecular weight excluding hydrogens is 248 g/mol. The van der Waals surface area contributed by atoms with Gasteiger partial charge in [0.25, 0.3) is 0 Å². The van der Waals surface area contributed by atoms with Gasteiger partial charge < -0.3 is 10.2 Å². The quantitative estimate of drug-likeness (QED) is 0.838. The Labute approximate surface area is 119 Å². The van der Waals surface area contributed by atoms with Crippen molar-refractivity contribution in [3.05, 3.63) is 59.2 Å². The largest absolute Gasteiger partial charge is 0.508 e. The Hall–Kier alpha value is -2.22. The van der Waals surface area contributed by atoms with Crippen LogP contribution in [-0.2, 0) is 0 Å². The minimum Gasteiger partial charge on any atom is -0.508 e. The van der Waals surface area contributed by atoms with Crippen LogP contribution in [0.3, 0.4) is 0 Å². The van der Waals surface area contributed by atoms with Gasteiger partial charge >= 0.3 is 0 Å². The molecule has 1 aliphatic carbocycles. The first-order valence-electron chi connectivity index (χ1n) is 6.97. The molecule has 102 valence electrons. The first-order valence-corrected chi connectivity index (χ1v) is 6.97. The monoisotopic (exact) mass is 266 g/mol. The average molecular weight is 266 g/mol. The van der Waals surface area contributed by atoms with E-state index < -0.39 is 0 Å². The van der Waals surface area contributed by atoms with Crippen LogP contribution < -0.4 is 0 Å². The predicted octanol–water partition coefficient (Wildman–Crippen LogP) is 4.54. The molecule has 2 N–H and O–H groups in total. The van der Waals surface area contributed by atoms with Crippen LogP contribution in [0.5, 0.6) is 11.5 Å². The molecular formula is C18H18O2. The van der Waals surface area contributed by atoms with Crippen molar-refractivity contribution in [1.29, 1.82) is 0 Å². The maximum absolute atomic E-state index is 9.73. The van der Waals surface area contributed by atoms with Crippen LogP contribution in [0.1, 0.15) is 42.9 Å². The van der Waals surface area contributed by atoms with Gasteiger partial charge in [-0.1, -0.05) is 32.0 Å². The summed E-state index contributed by atoms with van der Waals surface area (Å²) < 4.78 is 0. The zero-order valence-electron chi connectivity index (χ0n) is 11.7. The van der Waals surface area contributed by atoms with Crippen molar-refractivity contribution in [2.45, 2.75) is 26.2 Å². The van der Waals surface area contributed by atoms with E-state index in [1.165, 1.54) is 16.7 Å². The molecule has 0 heterocycles. The summed E-state index contributed by atoms with van der Waals surface area (Å²) in [6.45, 7) is 4.34. The molecule has 0 spiro atoms. The highest BCUT2D eigenvalue weighted by molar-refractivity contribution is 5.99. The van der Waals surface area contributed by atoms with Gasteiger partial charge in [0, 0.05) is 5.92 Å². The van der Waals surface area contributed by atoms with Gasteiger partial charge in [-0.2, -0.15) is 0 Å². The molecule has 20 heavy (non-hydrogen) atoms. The average Bonchev–Trinajstić information content (AvgIpc) is 2.72. The van der Waals surface area contributed by atoms with E-state index in [9.17, 15) is 10.2 Å². The molecule has 0 aliphatic heterocycles. The molecule has 0 saturated carbocycles. The van der Waals surface area contributed by atoms with Crippen molar-refractivity contribution in [3.8, 4) is 11.5 Å². The zero-order valence-corrected chi connectivity index (χ0v) is 11.7. The summed E-state index contributed by atoms with van der Waals surface area (Å²) in [5.74, 6) is 0.909. The second-order valence-electron chi connectivity index (χ2n) is 5.29. The Kier molecular flexibility index (Phi) is 3.01. The molecule has 2 aromatic carbocycles. The molecule has 0 aromatic heterocycles. The Morgan fingerprint density at radius 3 is 2.25 bits per heavy atom. The van der Waals surface area contributed by atoms with E-state index in [1.54, 1.807) is 18.2 Å².